The SMILES string of the molecule is O=C1C[C@@H](N2CCN(CCO)CC2)C(=O)N1c1cccc(Cl)c1Cl. The van der Waals surface area contributed by atoms with Crippen LogP contribution in [0, 0.1) is 0 Å². The molecular weight excluding hydrogens is 353 g/mol. The van der Waals surface area contributed by atoms with Gasteiger partial charge >= 0.3 is 0 Å². The summed E-state index contributed by atoms with van der Waals surface area (Å²) < 4.78 is 0. The molecule has 8 heteroatoms. The summed E-state index contributed by atoms with van der Waals surface area (Å²) in [6.45, 7) is 3.70. The van der Waals surface area contributed by atoms with Gasteiger partial charge in [0.1, 0.15) is 0 Å². The molecule has 1 aromatic rings. The van der Waals surface area contributed by atoms with Gasteiger partial charge in [-0.1, -0.05) is 29.3 Å². The molecule has 6 nitrogen and oxygen atoms in total. The number of anilines is 1. The van der Waals surface area contributed by atoms with Crippen LogP contribution in [0.1, 0.15) is 6.42 Å². The first-order valence-corrected chi connectivity index (χ1v) is 8.66. The van der Waals surface area contributed by atoms with Crippen molar-refractivity contribution in [1.82, 2.24) is 9.80 Å². The molecule has 0 bridgehead atoms. The predicted octanol–water partition coefficient (Wildman–Crippen LogP) is 1.24. The van der Waals surface area contributed by atoms with Crippen molar-refractivity contribution in [1.29, 1.82) is 0 Å². The number of imide groups is 1. The highest BCUT2D eigenvalue weighted by atomic mass is 35.5. The standard InChI is InChI=1S/C16H19Cl2N3O3/c17-11-2-1-3-12(15(11)18)21-14(23)10-13(16(21)24)20-6-4-19(5-7-20)8-9-22/h1-3,13,22H,4-10H2/t13-/m1/s1. The van der Waals surface area contributed by atoms with E-state index in [2.05, 4.69) is 4.90 Å². The van der Waals surface area contributed by atoms with Crippen molar-refractivity contribution in [2.24, 2.45) is 0 Å². The molecule has 24 heavy (non-hydrogen) atoms. The lowest BCUT2D eigenvalue weighted by Crippen LogP contribution is -2.53. The highest BCUT2D eigenvalue weighted by Gasteiger charge is 2.44. The second-order valence-electron chi connectivity index (χ2n) is 5.96. The summed E-state index contributed by atoms with van der Waals surface area (Å²) in [5.74, 6) is -0.508. The highest BCUT2D eigenvalue weighted by molar-refractivity contribution is 6.44. The van der Waals surface area contributed by atoms with E-state index in [-0.39, 0.29) is 29.9 Å². The molecule has 2 saturated heterocycles. The summed E-state index contributed by atoms with van der Waals surface area (Å²) in [5.41, 5.74) is 0.348. The summed E-state index contributed by atoms with van der Waals surface area (Å²) in [5, 5.41) is 9.53. The maximum atomic E-state index is 12.8. The van der Waals surface area contributed by atoms with Gasteiger partial charge in [0.15, 0.2) is 0 Å². The zero-order chi connectivity index (χ0) is 17.3. The first-order valence-electron chi connectivity index (χ1n) is 7.91. The van der Waals surface area contributed by atoms with Crippen LogP contribution in [-0.4, -0.2) is 72.1 Å². The number of carbonyl (C=O) groups excluding carboxylic acids is 2. The van der Waals surface area contributed by atoms with E-state index < -0.39 is 6.04 Å². The van der Waals surface area contributed by atoms with Crippen molar-refractivity contribution in [3.8, 4) is 0 Å². The molecule has 0 aromatic heterocycles. The number of aliphatic hydroxyl groups excluding tert-OH is 1. The Morgan fingerprint density at radius 3 is 2.50 bits per heavy atom. The second-order valence-corrected chi connectivity index (χ2v) is 6.75. The fourth-order valence-electron chi connectivity index (χ4n) is 3.26. The lowest BCUT2D eigenvalue weighted by molar-refractivity contribution is -0.123. The Balaban J connectivity index is 1.74. The molecule has 1 N–H and O–H groups in total. The summed E-state index contributed by atoms with van der Waals surface area (Å²) in [6.07, 6.45) is 0.154. The summed E-state index contributed by atoms with van der Waals surface area (Å²) in [7, 11) is 0. The smallest absolute Gasteiger partial charge is 0.251 e. The van der Waals surface area contributed by atoms with Gasteiger partial charge in [-0.25, -0.2) is 4.90 Å². The third-order valence-electron chi connectivity index (χ3n) is 4.56. The number of amides is 2. The van der Waals surface area contributed by atoms with Crippen LogP contribution in [0.15, 0.2) is 18.2 Å². The largest absolute Gasteiger partial charge is 0.395 e. The van der Waals surface area contributed by atoms with Crippen LogP contribution in [0.5, 0.6) is 0 Å². The van der Waals surface area contributed by atoms with Crippen LogP contribution >= 0.6 is 23.2 Å². The maximum absolute atomic E-state index is 12.8. The van der Waals surface area contributed by atoms with Gasteiger partial charge in [-0.2, -0.15) is 0 Å². The molecule has 130 valence electrons. The van der Waals surface area contributed by atoms with E-state index in [1.54, 1.807) is 18.2 Å². The average molecular weight is 372 g/mol. The number of halogens is 2. The third-order valence-corrected chi connectivity index (χ3v) is 5.37. The minimum absolute atomic E-state index is 0.127. The van der Waals surface area contributed by atoms with E-state index in [0.717, 1.165) is 18.0 Å². The Hall–Kier alpha value is -1.18. The van der Waals surface area contributed by atoms with Crippen LogP contribution in [-0.2, 0) is 9.59 Å². The van der Waals surface area contributed by atoms with Gasteiger partial charge in [-0.3, -0.25) is 19.4 Å². The average Bonchev–Trinajstić information content (AvgIpc) is 2.86. The number of carbonyl (C=O) groups is 2. The molecule has 2 aliphatic rings. The number of β-amino-alcohol motifs (C(OH)–C–C–N with tert-alkyl or cyclic N) is 1. The van der Waals surface area contributed by atoms with Crippen molar-refractivity contribution in [3.05, 3.63) is 28.2 Å². The second kappa shape index (κ2) is 7.37. The van der Waals surface area contributed by atoms with Gasteiger partial charge < -0.3 is 5.11 Å². The van der Waals surface area contributed by atoms with Crippen LogP contribution in [0.3, 0.4) is 0 Å². The lowest BCUT2D eigenvalue weighted by Gasteiger charge is -2.36. The molecule has 0 unspecified atom stereocenters. The third kappa shape index (κ3) is 3.30. The summed E-state index contributed by atoms with van der Waals surface area (Å²) in [4.78, 5) is 30.5. The fraction of sp³-hybridized carbons (Fsp3) is 0.500. The summed E-state index contributed by atoms with van der Waals surface area (Å²) in [6, 6.07) is 4.47. The van der Waals surface area contributed by atoms with Gasteiger partial charge in [0.05, 0.1) is 34.8 Å². The monoisotopic (exact) mass is 371 g/mol. The molecular formula is C16H19Cl2N3O3. The van der Waals surface area contributed by atoms with E-state index in [4.69, 9.17) is 28.3 Å². The molecule has 1 atom stereocenters. The lowest BCUT2D eigenvalue weighted by atomic mass is 10.1. The van der Waals surface area contributed by atoms with E-state index in [1.807, 2.05) is 4.90 Å². The van der Waals surface area contributed by atoms with Gasteiger partial charge in [-0.15, -0.1) is 0 Å². The van der Waals surface area contributed by atoms with Gasteiger partial charge in [0, 0.05) is 32.7 Å². The minimum atomic E-state index is -0.455. The van der Waals surface area contributed by atoms with Crippen LogP contribution in [0.4, 0.5) is 5.69 Å². The maximum Gasteiger partial charge on any atom is 0.251 e. The first-order chi connectivity index (χ1) is 11.5. The molecule has 0 radical (unpaired) electrons. The molecule has 2 fully saturated rings. The quantitative estimate of drug-likeness (QED) is 0.806. The Kier molecular flexibility index (Phi) is 5.42. The van der Waals surface area contributed by atoms with Crippen molar-refractivity contribution in [3.63, 3.8) is 0 Å². The van der Waals surface area contributed by atoms with Crippen molar-refractivity contribution in [2.75, 3.05) is 44.2 Å². The number of nitrogens with zero attached hydrogens (tertiary/aromatic N) is 3. The Morgan fingerprint density at radius 2 is 1.83 bits per heavy atom. The predicted molar refractivity (Wildman–Crippen MR) is 92.5 cm³/mol. The molecule has 0 saturated carbocycles. The van der Waals surface area contributed by atoms with Crippen molar-refractivity contribution >= 4 is 40.7 Å². The number of rotatable bonds is 4. The Bertz CT molecular complexity index is 647. The molecule has 1 aromatic carbocycles. The molecule has 2 amide bonds. The van der Waals surface area contributed by atoms with Crippen LogP contribution in [0.25, 0.3) is 0 Å². The van der Waals surface area contributed by atoms with Crippen LogP contribution in [0.2, 0.25) is 10.0 Å². The van der Waals surface area contributed by atoms with E-state index in [0.29, 0.717) is 30.3 Å². The zero-order valence-electron chi connectivity index (χ0n) is 13.1. The minimum Gasteiger partial charge on any atom is -0.395 e. The Morgan fingerprint density at radius 1 is 1.12 bits per heavy atom. The summed E-state index contributed by atoms with van der Waals surface area (Å²) >= 11 is 12.2. The number of benzene rings is 1. The molecule has 0 spiro atoms. The molecule has 0 aliphatic carbocycles. The van der Waals surface area contributed by atoms with E-state index >= 15 is 0 Å². The number of aliphatic hydroxyl groups is 1. The molecule has 2 aliphatic heterocycles. The van der Waals surface area contributed by atoms with E-state index in [1.165, 1.54) is 0 Å². The van der Waals surface area contributed by atoms with Gasteiger partial charge in [0.2, 0.25) is 5.91 Å². The van der Waals surface area contributed by atoms with Gasteiger partial charge in [-0.05, 0) is 12.1 Å². The van der Waals surface area contributed by atoms with Gasteiger partial charge in [0.25, 0.3) is 5.91 Å². The first kappa shape index (κ1) is 17.6. The normalized spacial score (nSPS) is 23.3. The fourth-order valence-corrected chi connectivity index (χ4v) is 3.64. The van der Waals surface area contributed by atoms with Crippen molar-refractivity contribution < 1.29 is 14.7 Å². The Labute approximate surface area is 150 Å². The number of hydrogen-bond donors (Lipinski definition) is 1. The highest BCUT2D eigenvalue weighted by Crippen LogP contribution is 2.36. The van der Waals surface area contributed by atoms with E-state index in [9.17, 15) is 9.59 Å². The zero-order valence-corrected chi connectivity index (χ0v) is 14.6. The molecule has 3 rings (SSSR count). The van der Waals surface area contributed by atoms with Crippen molar-refractivity contribution in [2.45, 2.75) is 12.5 Å². The van der Waals surface area contributed by atoms with Crippen LogP contribution < -0.4 is 4.90 Å². The topological polar surface area (TPSA) is 64.1 Å². The molecule has 2 heterocycles. The number of hydrogen-bond acceptors (Lipinski definition) is 5. The number of piperazine rings is 1.